The molecule has 84 valence electrons. The lowest BCUT2D eigenvalue weighted by atomic mass is 9.79. The summed E-state index contributed by atoms with van der Waals surface area (Å²) in [6, 6.07) is 0.151. The van der Waals surface area contributed by atoms with Crippen LogP contribution in [0.25, 0.3) is 0 Å². The Labute approximate surface area is 88.1 Å². The molecule has 2 fully saturated rings. The van der Waals surface area contributed by atoms with Crippen molar-refractivity contribution in [2.24, 2.45) is 11.8 Å². The van der Waals surface area contributed by atoms with E-state index in [0.717, 1.165) is 12.8 Å². The second-order valence-corrected chi connectivity index (χ2v) is 4.05. The molecule has 0 unspecified atom stereocenters. The molecule has 0 radical (unpaired) electrons. The van der Waals surface area contributed by atoms with Crippen LogP contribution < -0.4 is 5.32 Å². The number of hydrogen-bond acceptors (Lipinski definition) is 5. The van der Waals surface area contributed by atoms with E-state index < -0.39 is 0 Å². The zero-order valence-electron chi connectivity index (χ0n) is 8.86. The Morgan fingerprint density at radius 2 is 1.40 bits per heavy atom. The van der Waals surface area contributed by atoms with Crippen LogP contribution in [0.5, 0.6) is 0 Å². The van der Waals surface area contributed by atoms with Crippen molar-refractivity contribution in [2.45, 2.75) is 24.9 Å². The monoisotopic (exact) mass is 213 g/mol. The first-order chi connectivity index (χ1) is 7.19. The molecular formula is C10H15NO4. The van der Waals surface area contributed by atoms with E-state index in [1.165, 1.54) is 14.2 Å². The molecule has 2 aliphatic heterocycles. The molecule has 0 saturated carbocycles. The van der Waals surface area contributed by atoms with Gasteiger partial charge in [-0.25, -0.2) is 0 Å². The van der Waals surface area contributed by atoms with Crippen LogP contribution in [0, 0.1) is 11.8 Å². The summed E-state index contributed by atoms with van der Waals surface area (Å²) in [6.07, 6.45) is 1.86. The standard InChI is InChI=1S/C10H15NO4/c1-14-9(12)7-5-3-4-6(11-5)8(7)10(13)15-2/h5-8,11H,3-4H2,1-2H3/t5-,6+,7+,8-. The minimum Gasteiger partial charge on any atom is -0.469 e. The Kier molecular flexibility index (Phi) is 2.65. The lowest BCUT2D eigenvalue weighted by Crippen LogP contribution is -2.39. The summed E-state index contributed by atoms with van der Waals surface area (Å²) in [5.41, 5.74) is 0. The average Bonchev–Trinajstić information content (AvgIpc) is 2.86. The van der Waals surface area contributed by atoms with Gasteiger partial charge >= 0.3 is 11.9 Å². The second-order valence-electron chi connectivity index (χ2n) is 4.05. The van der Waals surface area contributed by atoms with Crippen molar-refractivity contribution >= 4 is 11.9 Å². The first-order valence-corrected chi connectivity index (χ1v) is 5.10. The van der Waals surface area contributed by atoms with Gasteiger partial charge in [0.1, 0.15) is 0 Å². The molecule has 2 aliphatic rings. The van der Waals surface area contributed by atoms with E-state index in [1.807, 2.05) is 0 Å². The number of rotatable bonds is 2. The Hall–Kier alpha value is -1.10. The normalized spacial score (nSPS) is 37.7. The lowest BCUT2D eigenvalue weighted by Gasteiger charge is -2.24. The van der Waals surface area contributed by atoms with Gasteiger partial charge in [-0.05, 0) is 12.8 Å². The molecule has 0 spiro atoms. The Morgan fingerprint density at radius 1 is 1.00 bits per heavy atom. The van der Waals surface area contributed by atoms with Gasteiger partial charge in [0.15, 0.2) is 0 Å². The fourth-order valence-corrected chi connectivity index (χ4v) is 2.76. The maximum absolute atomic E-state index is 11.6. The molecule has 2 heterocycles. The van der Waals surface area contributed by atoms with Gasteiger partial charge in [-0.1, -0.05) is 0 Å². The summed E-state index contributed by atoms with van der Waals surface area (Å²) in [6.45, 7) is 0. The van der Waals surface area contributed by atoms with Crippen LogP contribution in [0.4, 0.5) is 0 Å². The number of fused-ring (bicyclic) bond motifs is 2. The van der Waals surface area contributed by atoms with Crippen molar-refractivity contribution < 1.29 is 19.1 Å². The molecular weight excluding hydrogens is 198 g/mol. The number of nitrogens with one attached hydrogen (secondary N) is 1. The molecule has 1 N–H and O–H groups in total. The zero-order chi connectivity index (χ0) is 11.0. The van der Waals surface area contributed by atoms with Crippen LogP contribution in [-0.2, 0) is 19.1 Å². The number of esters is 2. The highest BCUT2D eigenvalue weighted by Crippen LogP contribution is 2.39. The van der Waals surface area contributed by atoms with E-state index in [1.54, 1.807) is 0 Å². The van der Waals surface area contributed by atoms with Gasteiger partial charge in [0, 0.05) is 12.1 Å². The third-order valence-electron chi connectivity index (χ3n) is 3.42. The molecule has 0 aromatic heterocycles. The fourth-order valence-electron chi connectivity index (χ4n) is 2.76. The van der Waals surface area contributed by atoms with E-state index >= 15 is 0 Å². The summed E-state index contributed by atoms with van der Waals surface area (Å²) in [5, 5.41) is 3.26. The smallest absolute Gasteiger partial charge is 0.311 e. The molecule has 5 nitrogen and oxygen atoms in total. The van der Waals surface area contributed by atoms with Gasteiger partial charge in [0.25, 0.3) is 0 Å². The van der Waals surface area contributed by atoms with Crippen LogP contribution in [0.1, 0.15) is 12.8 Å². The van der Waals surface area contributed by atoms with Gasteiger partial charge in [0.05, 0.1) is 26.1 Å². The predicted octanol–water partition coefficient (Wildman–Crippen LogP) is -0.301. The van der Waals surface area contributed by atoms with Crippen LogP contribution in [0.3, 0.4) is 0 Å². The number of methoxy groups -OCH3 is 2. The first-order valence-electron chi connectivity index (χ1n) is 5.10. The van der Waals surface area contributed by atoms with Crippen molar-refractivity contribution in [3.8, 4) is 0 Å². The molecule has 2 bridgehead atoms. The average molecular weight is 213 g/mol. The topological polar surface area (TPSA) is 64.6 Å². The molecule has 0 amide bonds. The molecule has 0 aromatic rings. The van der Waals surface area contributed by atoms with Crippen molar-refractivity contribution in [3.63, 3.8) is 0 Å². The van der Waals surface area contributed by atoms with Gasteiger partial charge < -0.3 is 14.8 Å². The number of hydrogen-bond donors (Lipinski definition) is 1. The van der Waals surface area contributed by atoms with E-state index in [-0.39, 0.29) is 35.9 Å². The molecule has 4 atom stereocenters. The van der Waals surface area contributed by atoms with Crippen molar-refractivity contribution in [2.75, 3.05) is 14.2 Å². The molecule has 15 heavy (non-hydrogen) atoms. The van der Waals surface area contributed by atoms with E-state index in [0.29, 0.717) is 0 Å². The van der Waals surface area contributed by atoms with Crippen LogP contribution >= 0.6 is 0 Å². The van der Waals surface area contributed by atoms with Crippen molar-refractivity contribution in [1.29, 1.82) is 0 Å². The fraction of sp³-hybridized carbons (Fsp3) is 0.800. The van der Waals surface area contributed by atoms with Crippen molar-refractivity contribution in [1.82, 2.24) is 5.32 Å². The van der Waals surface area contributed by atoms with E-state index in [4.69, 9.17) is 9.47 Å². The first kappa shape index (κ1) is 10.4. The highest BCUT2D eigenvalue weighted by molar-refractivity contribution is 5.84. The van der Waals surface area contributed by atoms with Gasteiger partial charge in [-0.2, -0.15) is 0 Å². The highest BCUT2D eigenvalue weighted by atomic mass is 16.5. The molecule has 2 rings (SSSR count). The maximum Gasteiger partial charge on any atom is 0.311 e. The number of carbonyl (C=O) groups excluding carboxylic acids is 2. The minimum absolute atomic E-state index is 0.0755. The second kappa shape index (κ2) is 3.81. The molecule has 0 aromatic carbocycles. The van der Waals surface area contributed by atoms with E-state index in [9.17, 15) is 9.59 Å². The van der Waals surface area contributed by atoms with Crippen LogP contribution in [-0.4, -0.2) is 38.2 Å². The minimum atomic E-state index is -0.374. The van der Waals surface area contributed by atoms with Gasteiger partial charge in [0.2, 0.25) is 0 Å². The summed E-state index contributed by atoms with van der Waals surface area (Å²) in [7, 11) is 2.70. The molecule has 5 heteroatoms. The van der Waals surface area contributed by atoms with Crippen molar-refractivity contribution in [3.05, 3.63) is 0 Å². The Morgan fingerprint density at radius 3 is 1.73 bits per heavy atom. The highest BCUT2D eigenvalue weighted by Gasteiger charge is 2.54. The van der Waals surface area contributed by atoms with E-state index in [2.05, 4.69) is 5.32 Å². The van der Waals surface area contributed by atoms with Gasteiger partial charge in [-0.15, -0.1) is 0 Å². The predicted molar refractivity (Wildman–Crippen MR) is 51.0 cm³/mol. The summed E-state index contributed by atoms with van der Waals surface area (Å²) in [4.78, 5) is 23.1. The Balaban J connectivity index is 2.19. The molecule has 2 saturated heterocycles. The summed E-state index contributed by atoms with van der Waals surface area (Å²) < 4.78 is 9.45. The van der Waals surface area contributed by atoms with Gasteiger partial charge in [-0.3, -0.25) is 9.59 Å². The molecule has 0 aliphatic carbocycles. The van der Waals surface area contributed by atoms with Crippen LogP contribution in [0.15, 0.2) is 0 Å². The third kappa shape index (κ3) is 1.51. The third-order valence-corrected chi connectivity index (χ3v) is 3.42. The maximum atomic E-state index is 11.6. The largest absolute Gasteiger partial charge is 0.469 e. The van der Waals surface area contributed by atoms with Crippen LogP contribution in [0.2, 0.25) is 0 Å². The zero-order valence-corrected chi connectivity index (χ0v) is 8.86. The summed E-state index contributed by atoms with van der Waals surface area (Å²) in [5.74, 6) is -1.38. The SMILES string of the molecule is COC(=O)[C@@H]1[C@H](C(=O)OC)[C@@H]2CC[C@H]1N2. The number of ether oxygens (including phenoxy) is 2. The quantitative estimate of drug-likeness (QED) is 0.638. The number of carbonyl (C=O) groups is 2. The lowest BCUT2D eigenvalue weighted by molar-refractivity contribution is -0.157. The summed E-state index contributed by atoms with van der Waals surface area (Å²) >= 11 is 0. The Bertz CT molecular complexity index is 263.